The summed E-state index contributed by atoms with van der Waals surface area (Å²) in [4.78, 5) is 0. The number of tetrazole rings is 1. The Hall–Kier alpha value is -2.86. The summed E-state index contributed by atoms with van der Waals surface area (Å²) in [6.07, 6.45) is 2.09. The summed E-state index contributed by atoms with van der Waals surface area (Å²) in [7, 11) is 1.65. The monoisotopic (exact) mass is 339 g/mol. The van der Waals surface area contributed by atoms with Gasteiger partial charge in [-0.1, -0.05) is 41.0 Å². The molecule has 1 aliphatic heterocycles. The summed E-state index contributed by atoms with van der Waals surface area (Å²) in [5.41, 5.74) is 3.03. The molecular weight excluding hydrogens is 326 g/mol. The Morgan fingerprint density at radius 1 is 1.08 bits per heavy atom. The van der Waals surface area contributed by atoms with Crippen LogP contribution in [0.5, 0.6) is 5.75 Å². The number of allylic oxidation sites excluding steroid dienone is 1. The van der Waals surface area contributed by atoms with Crippen LogP contribution in [0, 0.1) is 0 Å². The average Bonchev–Trinajstić information content (AvgIpc) is 3.10. The number of nitrogens with zero attached hydrogens (tertiary/aromatic N) is 4. The number of hydrogen-bond acceptors (Lipinski definition) is 5. The van der Waals surface area contributed by atoms with Gasteiger partial charge in [0.05, 0.1) is 7.11 Å². The average molecular weight is 340 g/mol. The van der Waals surface area contributed by atoms with Crippen LogP contribution in [0.1, 0.15) is 17.2 Å². The molecule has 1 N–H and O–H groups in total. The highest BCUT2D eigenvalue weighted by Gasteiger charge is 2.24. The molecule has 0 saturated heterocycles. The quantitative estimate of drug-likeness (QED) is 0.792. The van der Waals surface area contributed by atoms with Crippen molar-refractivity contribution in [2.45, 2.75) is 6.04 Å². The van der Waals surface area contributed by atoms with Crippen LogP contribution in [0.2, 0.25) is 5.02 Å². The minimum Gasteiger partial charge on any atom is -0.497 e. The molecule has 1 aromatic heterocycles. The van der Waals surface area contributed by atoms with E-state index in [-0.39, 0.29) is 6.04 Å². The van der Waals surface area contributed by atoms with Crippen LogP contribution >= 0.6 is 11.6 Å². The third-order valence-corrected chi connectivity index (χ3v) is 4.19. The molecule has 2 heterocycles. The highest BCUT2D eigenvalue weighted by Crippen LogP contribution is 2.32. The van der Waals surface area contributed by atoms with Crippen molar-refractivity contribution in [2.75, 3.05) is 12.4 Å². The SMILES string of the molecule is COc1ccc([C@@H]2C=C(c3ccc(Cl)cc3)Nc3nnnn32)cc1. The van der Waals surface area contributed by atoms with Crippen molar-refractivity contribution in [3.05, 3.63) is 70.8 Å². The molecule has 0 spiro atoms. The molecule has 0 unspecified atom stereocenters. The molecule has 1 atom stereocenters. The lowest BCUT2D eigenvalue weighted by molar-refractivity contribution is 0.414. The van der Waals surface area contributed by atoms with Crippen molar-refractivity contribution in [3.63, 3.8) is 0 Å². The second kappa shape index (κ2) is 5.98. The molecule has 0 radical (unpaired) electrons. The van der Waals surface area contributed by atoms with Crippen LogP contribution < -0.4 is 10.1 Å². The Morgan fingerprint density at radius 2 is 1.83 bits per heavy atom. The number of hydrogen-bond donors (Lipinski definition) is 1. The zero-order chi connectivity index (χ0) is 16.5. The third-order valence-electron chi connectivity index (χ3n) is 3.94. The van der Waals surface area contributed by atoms with Crippen LogP contribution in [0.25, 0.3) is 5.70 Å². The third kappa shape index (κ3) is 2.61. The minimum atomic E-state index is -0.104. The number of methoxy groups -OCH3 is 1. The predicted molar refractivity (Wildman–Crippen MR) is 92.0 cm³/mol. The maximum atomic E-state index is 5.98. The molecule has 0 aliphatic carbocycles. The highest BCUT2D eigenvalue weighted by molar-refractivity contribution is 6.30. The zero-order valence-corrected chi connectivity index (χ0v) is 13.6. The van der Waals surface area contributed by atoms with Gasteiger partial charge in [-0.25, -0.2) is 0 Å². The number of rotatable bonds is 3. The summed E-state index contributed by atoms with van der Waals surface area (Å²) in [6, 6.07) is 15.4. The van der Waals surface area contributed by atoms with Crippen LogP contribution in [0.4, 0.5) is 5.95 Å². The van der Waals surface area contributed by atoms with Crippen molar-refractivity contribution in [1.82, 2.24) is 20.2 Å². The maximum Gasteiger partial charge on any atom is 0.248 e. The van der Waals surface area contributed by atoms with Gasteiger partial charge in [0, 0.05) is 10.7 Å². The first-order valence-corrected chi connectivity index (χ1v) is 7.79. The second-order valence-corrected chi connectivity index (χ2v) is 5.81. The van der Waals surface area contributed by atoms with Crippen molar-refractivity contribution in [3.8, 4) is 5.75 Å². The van der Waals surface area contributed by atoms with Gasteiger partial charge < -0.3 is 10.1 Å². The van der Waals surface area contributed by atoms with E-state index in [4.69, 9.17) is 16.3 Å². The van der Waals surface area contributed by atoms with E-state index in [1.807, 2.05) is 48.5 Å². The summed E-state index contributed by atoms with van der Waals surface area (Å²) in [5, 5.41) is 15.9. The molecule has 7 heteroatoms. The maximum absolute atomic E-state index is 5.98. The first-order valence-electron chi connectivity index (χ1n) is 7.41. The summed E-state index contributed by atoms with van der Waals surface area (Å²) >= 11 is 5.98. The fourth-order valence-corrected chi connectivity index (χ4v) is 2.82. The zero-order valence-electron chi connectivity index (χ0n) is 12.8. The lowest BCUT2D eigenvalue weighted by Crippen LogP contribution is -2.20. The first-order chi connectivity index (χ1) is 11.7. The van der Waals surface area contributed by atoms with Crippen molar-refractivity contribution >= 4 is 23.2 Å². The van der Waals surface area contributed by atoms with Gasteiger partial charge in [0.25, 0.3) is 0 Å². The minimum absolute atomic E-state index is 0.104. The smallest absolute Gasteiger partial charge is 0.248 e. The Balaban J connectivity index is 1.77. The topological polar surface area (TPSA) is 64.9 Å². The molecule has 120 valence electrons. The molecule has 4 rings (SSSR count). The molecular formula is C17H14ClN5O. The predicted octanol–water partition coefficient (Wildman–Crippen LogP) is 3.39. The highest BCUT2D eigenvalue weighted by atomic mass is 35.5. The molecule has 24 heavy (non-hydrogen) atoms. The van der Waals surface area contributed by atoms with Crippen LogP contribution in [0.3, 0.4) is 0 Å². The molecule has 0 amide bonds. The molecule has 0 fully saturated rings. The first kappa shape index (κ1) is 14.7. The van der Waals surface area contributed by atoms with E-state index in [0.717, 1.165) is 22.6 Å². The van der Waals surface area contributed by atoms with Crippen LogP contribution in [0.15, 0.2) is 54.6 Å². The van der Waals surface area contributed by atoms with E-state index >= 15 is 0 Å². The van der Waals surface area contributed by atoms with E-state index in [0.29, 0.717) is 11.0 Å². The second-order valence-electron chi connectivity index (χ2n) is 5.38. The van der Waals surface area contributed by atoms with E-state index < -0.39 is 0 Å². The van der Waals surface area contributed by atoms with Crippen LogP contribution in [-0.4, -0.2) is 27.3 Å². The Morgan fingerprint density at radius 3 is 2.54 bits per heavy atom. The number of ether oxygens (including phenoxy) is 1. The van der Waals surface area contributed by atoms with Gasteiger partial charge in [-0.15, -0.1) is 0 Å². The lowest BCUT2D eigenvalue weighted by atomic mass is 10.0. The van der Waals surface area contributed by atoms with Crippen molar-refractivity contribution in [1.29, 1.82) is 0 Å². The summed E-state index contributed by atoms with van der Waals surface area (Å²) < 4.78 is 6.98. The van der Waals surface area contributed by atoms with E-state index in [2.05, 4.69) is 26.9 Å². The summed E-state index contributed by atoms with van der Waals surface area (Å²) in [6.45, 7) is 0. The van der Waals surface area contributed by atoms with Gasteiger partial charge in [-0.05, 0) is 51.9 Å². The largest absolute Gasteiger partial charge is 0.497 e. The number of nitrogens with one attached hydrogen (secondary N) is 1. The van der Waals surface area contributed by atoms with Gasteiger partial charge >= 0.3 is 0 Å². The molecule has 0 bridgehead atoms. The molecule has 2 aromatic carbocycles. The number of anilines is 1. The Bertz CT molecular complexity index is 886. The lowest BCUT2D eigenvalue weighted by Gasteiger charge is -2.23. The Labute approximate surface area is 143 Å². The molecule has 1 aliphatic rings. The van der Waals surface area contributed by atoms with E-state index in [9.17, 15) is 0 Å². The number of fused-ring (bicyclic) bond motifs is 1. The molecule has 0 saturated carbocycles. The number of benzene rings is 2. The Kier molecular flexibility index (Phi) is 3.66. The van der Waals surface area contributed by atoms with Crippen LogP contribution in [-0.2, 0) is 0 Å². The fourth-order valence-electron chi connectivity index (χ4n) is 2.69. The fraction of sp³-hybridized carbons (Fsp3) is 0.118. The van der Waals surface area contributed by atoms with Gasteiger partial charge in [-0.3, -0.25) is 0 Å². The molecule has 3 aromatic rings. The van der Waals surface area contributed by atoms with Gasteiger partial charge in [0.2, 0.25) is 5.95 Å². The number of halogens is 1. The van der Waals surface area contributed by atoms with Gasteiger partial charge in [0.15, 0.2) is 0 Å². The normalized spacial score (nSPS) is 16.1. The molecule has 6 nitrogen and oxygen atoms in total. The van der Waals surface area contributed by atoms with E-state index in [1.54, 1.807) is 11.8 Å². The number of aromatic nitrogens is 4. The van der Waals surface area contributed by atoms with Gasteiger partial charge in [0.1, 0.15) is 11.8 Å². The standard InChI is InChI=1S/C17H14ClN5O/c1-24-14-8-4-12(5-9-14)16-10-15(11-2-6-13(18)7-3-11)19-17-20-21-22-23(16)17/h2-10,16H,1H3,(H,19,20,22)/t16-/m0/s1. The summed E-state index contributed by atoms with van der Waals surface area (Å²) in [5.74, 6) is 1.41. The van der Waals surface area contributed by atoms with Crippen molar-refractivity contribution < 1.29 is 4.74 Å². The van der Waals surface area contributed by atoms with Crippen molar-refractivity contribution in [2.24, 2.45) is 0 Å². The van der Waals surface area contributed by atoms with E-state index in [1.165, 1.54) is 0 Å². The van der Waals surface area contributed by atoms with Gasteiger partial charge in [-0.2, -0.15) is 4.68 Å².